The monoisotopic (exact) mass is 244 g/mol. The standard InChI is InChI=1S/C13H24O4/c1-5-10-9-13(15,7-8-17-10)12(3,4)11(14)16-6-2/h10,15H,5-9H2,1-4H3. The van der Waals surface area contributed by atoms with Crippen molar-refractivity contribution in [1.29, 1.82) is 0 Å². The van der Waals surface area contributed by atoms with Crippen molar-refractivity contribution in [2.75, 3.05) is 13.2 Å². The Bertz CT molecular complexity index is 275. The van der Waals surface area contributed by atoms with Gasteiger partial charge in [-0.1, -0.05) is 6.92 Å². The lowest BCUT2D eigenvalue weighted by molar-refractivity contribution is -0.190. The van der Waals surface area contributed by atoms with Crippen LogP contribution >= 0.6 is 0 Å². The van der Waals surface area contributed by atoms with Crippen LogP contribution in [0, 0.1) is 5.41 Å². The second kappa shape index (κ2) is 5.36. The van der Waals surface area contributed by atoms with E-state index in [2.05, 4.69) is 0 Å². The van der Waals surface area contributed by atoms with Gasteiger partial charge in [0.25, 0.3) is 0 Å². The highest BCUT2D eigenvalue weighted by Gasteiger charge is 2.52. The van der Waals surface area contributed by atoms with Gasteiger partial charge in [-0.05, 0) is 27.2 Å². The zero-order valence-corrected chi connectivity index (χ0v) is 11.3. The number of hydrogen-bond acceptors (Lipinski definition) is 4. The Labute approximate surface area is 103 Å². The Morgan fingerprint density at radius 2 is 2.18 bits per heavy atom. The van der Waals surface area contributed by atoms with Crippen LogP contribution in [0.5, 0.6) is 0 Å². The maximum Gasteiger partial charge on any atom is 0.314 e. The fraction of sp³-hybridized carbons (Fsp3) is 0.923. The van der Waals surface area contributed by atoms with E-state index in [0.717, 1.165) is 6.42 Å². The van der Waals surface area contributed by atoms with Crippen LogP contribution in [0.25, 0.3) is 0 Å². The van der Waals surface area contributed by atoms with Gasteiger partial charge >= 0.3 is 5.97 Å². The van der Waals surface area contributed by atoms with Crippen LogP contribution in [0.2, 0.25) is 0 Å². The molecular formula is C13H24O4. The van der Waals surface area contributed by atoms with E-state index >= 15 is 0 Å². The van der Waals surface area contributed by atoms with Crippen molar-refractivity contribution in [1.82, 2.24) is 0 Å². The third-order valence-electron chi connectivity index (χ3n) is 3.84. The number of rotatable bonds is 4. The molecule has 1 N–H and O–H groups in total. The molecule has 1 rings (SSSR count). The second-order valence-corrected chi connectivity index (χ2v) is 5.23. The molecule has 17 heavy (non-hydrogen) atoms. The molecule has 0 bridgehead atoms. The van der Waals surface area contributed by atoms with E-state index in [9.17, 15) is 9.90 Å². The van der Waals surface area contributed by atoms with Crippen molar-refractivity contribution >= 4 is 5.97 Å². The van der Waals surface area contributed by atoms with E-state index in [4.69, 9.17) is 9.47 Å². The smallest absolute Gasteiger partial charge is 0.314 e. The summed E-state index contributed by atoms with van der Waals surface area (Å²) in [5.74, 6) is -0.334. The topological polar surface area (TPSA) is 55.8 Å². The summed E-state index contributed by atoms with van der Waals surface area (Å²) in [4.78, 5) is 11.9. The van der Waals surface area contributed by atoms with Gasteiger partial charge in [-0.2, -0.15) is 0 Å². The van der Waals surface area contributed by atoms with Gasteiger partial charge in [0, 0.05) is 19.4 Å². The highest BCUT2D eigenvalue weighted by Crippen LogP contribution is 2.41. The number of carbonyl (C=O) groups is 1. The minimum absolute atomic E-state index is 0.0300. The molecule has 4 heteroatoms. The summed E-state index contributed by atoms with van der Waals surface area (Å²) in [5, 5.41) is 10.7. The number of aliphatic hydroxyl groups is 1. The summed E-state index contributed by atoms with van der Waals surface area (Å²) in [6, 6.07) is 0. The Hall–Kier alpha value is -0.610. The average Bonchev–Trinajstić information content (AvgIpc) is 2.29. The van der Waals surface area contributed by atoms with Crippen molar-refractivity contribution in [3.63, 3.8) is 0 Å². The molecule has 0 aliphatic carbocycles. The SMILES string of the molecule is CCOC(=O)C(C)(C)C1(O)CCOC(CC)C1. The number of carbonyl (C=O) groups excluding carboxylic acids is 1. The molecule has 0 spiro atoms. The van der Waals surface area contributed by atoms with Crippen LogP contribution < -0.4 is 0 Å². The van der Waals surface area contributed by atoms with E-state index in [-0.39, 0.29) is 12.1 Å². The lowest BCUT2D eigenvalue weighted by Gasteiger charge is -2.45. The van der Waals surface area contributed by atoms with Gasteiger partial charge < -0.3 is 14.6 Å². The first-order valence-electron chi connectivity index (χ1n) is 6.38. The Kier molecular flexibility index (Phi) is 4.55. The summed E-state index contributed by atoms with van der Waals surface area (Å²) in [6.45, 7) is 8.14. The maximum absolute atomic E-state index is 11.9. The first kappa shape index (κ1) is 14.5. The molecule has 0 radical (unpaired) electrons. The Morgan fingerprint density at radius 1 is 1.53 bits per heavy atom. The zero-order chi connectivity index (χ0) is 13.1. The van der Waals surface area contributed by atoms with E-state index in [0.29, 0.717) is 26.1 Å². The molecule has 0 aromatic carbocycles. The highest BCUT2D eigenvalue weighted by molar-refractivity contribution is 5.77. The van der Waals surface area contributed by atoms with Crippen LogP contribution in [0.15, 0.2) is 0 Å². The average molecular weight is 244 g/mol. The summed E-state index contributed by atoms with van der Waals surface area (Å²) in [7, 11) is 0. The highest BCUT2D eigenvalue weighted by atomic mass is 16.5. The second-order valence-electron chi connectivity index (χ2n) is 5.23. The van der Waals surface area contributed by atoms with E-state index in [1.54, 1.807) is 20.8 Å². The molecule has 1 fully saturated rings. The van der Waals surface area contributed by atoms with Gasteiger partial charge in [0.05, 0.1) is 23.7 Å². The minimum atomic E-state index is -1.03. The van der Waals surface area contributed by atoms with Gasteiger partial charge in [-0.25, -0.2) is 0 Å². The molecule has 1 aliphatic rings. The number of hydrogen-bond donors (Lipinski definition) is 1. The minimum Gasteiger partial charge on any atom is -0.465 e. The molecule has 4 nitrogen and oxygen atoms in total. The molecule has 2 atom stereocenters. The van der Waals surface area contributed by atoms with Crippen molar-refractivity contribution in [3.05, 3.63) is 0 Å². The molecule has 1 saturated heterocycles. The van der Waals surface area contributed by atoms with Gasteiger partial charge in [0.15, 0.2) is 0 Å². The molecule has 2 unspecified atom stereocenters. The molecule has 0 aromatic rings. The lowest BCUT2D eigenvalue weighted by Crippen LogP contribution is -2.55. The molecular weight excluding hydrogens is 220 g/mol. The van der Waals surface area contributed by atoms with Crippen molar-refractivity contribution in [2.24, 2.45) is 5.41 Å². The molecule has 1 heterocycles. The fourth-order valence-corrected chi connectivity index (χ4v) is 2.26. The fourth-order valence-electron chi connectivity index (χ4n) is 2.26. The van der Waals surface area contributed by atoms with E-state index in [1.165, 1.54) is 0 Å². The zero-order valence-electron chi connectivity index (χ0n) is 11.3. The van der Waals surface area contributed by atoms with Crippen LogP contribution in [-0.2, 0) is 14.3 Å². The summed E-state index contributed by atoms with van der Waals surface area (Å²) >= 11 is 0. The quantitative estimate of drug-likeness (QED) is 0.767. The molecule has 1 aliphatic heterocycles. The third kappa shape index (κ3) is 2.80. The van der Waals surface area contributed by atoms with Crippen LogP contribution in [0.1, 0.15) is 47.0 Å². The normalized spacial score (nSPS) is 30.1. The van der Waals surface area contributed by atoms with Crippen molar-refractivity contribution in [3.8, 4) is 0 Å². The lowest BCUT2D eigenvalue weighted by atomic mass is 9.69. The molecule has 0 aromatic heterocycles. The predicted molar refractivity (Wildman–Crippen MR) is 64.6 cm³/mol. The van der Waals surface area contributed by atoms with E-state index in [1.807, 2.05) is 6.92 Å². The molecule has 0 saturated carbocycles. The summed E-state index contributed by atoms with van der Waals surface area (Å²) < 4.78 is 10.6. The van der Waals surface area contributed by atoms with Crippen LogP contribution in [-0.4, -0.2) is 36.0 Å². The Balaban J connectivity index is 2.83. The first-order valence-corrected chi connectivity index (χ1v) is 6.38. The van der Waals surface area contributed by atoms with Crippen LogP contribution in [0.3, 0.4) is 0 Å². The first-order chi connectivity index (χ1) is 7.87. The van der Waals surface area contributed by atoms with E-state index < -0.39 is 11.0 Å². The van der Waals surface area contributed by atoms with Crippen LogP contribution in [0.4, 0.5) is 0 Å². The van der Waals surface area contributed by atoms with Crippen molar-refractivity contribution in [2.45, 2.75) is 58.7 Å². The van der Waals surface area contributed by atoms with Gasteiger partial charge in [-0.3, -0.25) is 4.79 Å². The molecule has 0 amide bonds. The number of esters is 1. The van der Waals surface area contributed by atoms with Gasteiger partial charge in [-0.15, -0.1) is 0 Å². The largest absolute Gasteiger partial charge is 0.465 e. The Morgan fingerprint density at radius 3 is 2.71 bits per heavy atom. The summed E-state index contributed by atoms with van der Waals surface area (Å²) in [6.07, 6.45) is 1.86. The third-order valence-corrected chi connectivity index (χ3v) is 3.84. The van der Waals surface area contributed by atoms with Gasteiger partial charge in [0.2, 0.25) is 0 Å². The number of ether oxygens (including phenoxy) is 2. The molecule has 100 valence electrons. The van der Waals surface area contributed by atoms with Crippen molar-refractivity contribution < 1.29 is 19.4 Å². The maximum atomic E-state index is 11.9. The van der Waals surface area contributed by atoms with Gasteiger partial charge in [0.1, 0.15) is 0 Å². The predicted octanol–water partition coefficient (Wildman–Crippen LogP) is 1.90. The summed E-state index contributed by atoms with van der Waals surface area (Å²) in [5.41, 5.74) is -1.92.